The fourth-order valence-corrected chi connectivity index (χ4v) is 5.70. The van der Waals surface area contributed by atoms with E-state index in [1.54, 1.807) is 12.1 Å². The van der Waals surface area contributed by atoms with Crippen LogP contribution in [0, 0.1) is 22.7 Å². The van der Waals surface area contributed by atoms with E-state index in [-0.39, 0.29) is 35.8 Å². The lowest BCUT2D eigenvalue weighted by Gasteiger charge is -2.40. The number of amides is 1. The van der Waals surface area contributed by atoms with E-state index in [4.69, 9.17) is 25.8 Å². The van der Waals surface area contributed by atoms with Gasteiger partial charge in [0.1, 0.15) is 12.2 Å². The molecular weight excluding hydrogens is 618 g/mol. The highest BCUT2D eigenvalue weighted by molar-refractivity contribution is 6.36. The molecule has 240 valence electrons. The number of aromatic nitrogens is 4. The molecule has 17 heteroatoms. The lowest BCUT2D eigenvalue weighted by molar-refractivity contribution is -0.153. The normalized spacial score (nSPS) is 20.0. The number of rotatable bonds is 9. The Labute approximate surface area is 269 Å². The van der Waals surface area contributed by atoms with Crippen LogP contribution in [0.25, 0.3) is 5.65 Å². The number of methoxy groups -OCH3 is 1. The van der Waals surface area contributed by atoms with Gasteiger partial charge in [0.05, 0.1) is 73.7 Å². The minimum absolute atomic E-state index is 0.0932. The van der Waals surface area contributed by atoms with Gasteiger partial charge in [0.25, 0.3) is 0 Å². The van der Waals surface area contributed by atoms with Gasteiger partial charge < -0.3 is 35.1 Å². The van der Waals surface area contributed by atoms with Gasteiger partial charge in [-0.3, -0.25) is 9.69 Å². The van der Waals surface area contributed by atoms with Crippen molar-refractivity contribution in [3.8, 4) is 12.1 Å². The van der Waals surface area contributed by atoms with Crippen LogP contribution in [0.5, 0.6) is 0 Å². The van der Waals surface area contributed by atoms with E-state index in [0.717, 1.165) is 12.8 Å². The number of halogens is 1. The largest absolute Gasteiger partial charge is 0.457 e. The molecule has 46 heavy (non-hydrogen) atoms. The average molecular weight is 650 g/mol. The van der Waals surface area contributed by atoms with Gasteiger partial charge in [0.15, 0.2) is 17.2 Å². The first kappa shape index (κ1) is 31.1. The Kier molecular flexibility index (Phi) is 9.20. The third kappa shape index (κ3) is 6.99. The topological polar surface area (TPSA) is 195 Å². The van der Waals surface area contributed by atoms with Crippen molar-refractivity contribution in [3.63, 3.8) is 0 Å². The van der Waals surface area contributed by atoms with Gasteiger partial charge in [-0.25, -0.2) is 9.78 Å². The molecule has 0 bridgehead atoms. The van der Waals surface area contributed by atoms with Gasteiger partial charge in [-0.05, 0) is 31.4 Å². The van der Waals surface area contributed by atoms with E-state index in [1.165, 1.54) is 17.8 Å². The molecule has 3 aliphatic rings. The number of carbonyl (C=O) groups is 2. The highest BCUT2D eigenvalue weighted by Gasteiger charge is 2.35. The number of esters is 1. The molecule has 3 aromatic rings. The molecule has 6 rings (SSSR count). The van der Waals surface area contributed by atoms with Crippen molar-refractivity contribution in [3.05, 3.63) is 34.6 Å². The van der Waals surface area contributed by atoms with Crippen LogP contribution in [0.2, 0.25) is 5.02 Å². The summed E-state index contributed by atoms with van der Waals surface area (Å²) in [6, 6.07) is 7.24. The van der Waals surface area contributed by atoms with Gasteiger partial charge in [-0.15, -0.1) is 5.10 Å². The van der Waals surface area contributed by atoms with Gasteiger partial charge in [0, 0.05) is 25.7 Å². The first-order chi connectivity index (χ1) is 22.3. The minimum Gasteiger partial charge on any atom is -0.457 e. The first-order valence-corrected chi connectivity index (χ1v) is 15.2. The van der Waals surface area contributed by atoms with Crippen LogP contribution >= 0.6 is 11.6 Å². The highest BCUT2D eigenvalue weighted by atomic mass is 35.5. The van der Waals surface area contributed by atoms with Crippen LogP contribution in [0.1, 0.15) is 30.5 Å². The van der Waals surface area contributed by atoms with E-state index >= 15 is 0 Å². The molecule has 0 radical (unpaired) electrons. The van der Waals surface area contributed by atoms with Crippen LogP contribution in [0.15, 0.2) is 18.3 Å². The number of ether oxygens (including phenoxy) is 3. The number of nitrogens with zero attached hydrogens (tertiary/aromatic N) is 8. The highest BCUT2D eigenvalue weighted by Crippen LogP contribution is 2.38. The molecule has 2 saturated heterocycles. The molecule has 0 spiro atoms. The SMILES string of the molecule is COC(=O)N[C@@H]1CCN(c2cc(C#N)cc(Nc3nc(NC4CC4)c4ncc(C#N)n4n3)c2Cl)C[C@H]1OC(=O)CN1CCOCC1. The van der Waals surface area contributed by atoms with E-state index in [1.807, 2.05) is 9.80 Å². The number of nitrogens with one attached hydrogen (secondary N) is 3. The van der Waals surface area contributed by atoms with Gasteiger partial charge in [-0.1, -0.05) is 11.6 Å². The van der Waals surface area contributed by atoms with Crippen LogP contribution < -0.4 is 20.9 Å². The van der Waals surface area contributed by atoms with E-state index in [9.17, 15) is 20.1 Å². The summed E-state index contributed by atoms with van der Waals surface area (Å²) >= 11 is 6.96. The second-order valence-electron chi connectivity index (χ2n) is 11.2. The predicted molar refractivity (Wildman–Crippen MR) is 165 cm³/mol. The number of nitriles is 2. The summed E-state index contributed by atoms with van der Waals surface area (Å²) < 4.78 is 17.5. The number of fused-ring (bicyclic) bond motifs is 1. The Hall–Kier alpha value is -4.90. The molecule has 1 amide bonds. The molecule has 4 heterocycles. The Morgan fingerprint density at radius 2 is 1.96 bits per heavy atom. The van der Waals surface area contributed by atoms with E-state index in [0.29, 0.717) is 67.7 Å². The molecule has 1 saturated carbocycles. The number of benzene rings is 1. The Morgan fingerprint density at radius 1 is 1.15 bits per heavy atom. The maximum Gasteiger partial charge on any atom is 0.407 e. The molecule has 3 fully saturated rings. The number of imidazole rings is 1. The lowest BCUT2D eigenvalue weighted by atomic mass is 10.0. The lowest BCUT2D eigenvalue weighted by Crippen LogP contribution is -2.56. The maximum atomic E-state index is 13.0. The Bertz CT molecular complexity index is 1710. The van der Waals surface area contributed by atoms with Crippen LogP contribution in [-0.4, -0.2) is 108 Å². The zero-order chi connectivity index (χ0) is 32.2. The van der Waals surface area contributed by atoms with Crippen LogP contribution in [-0.2, 0) is 19.0 Å². The first-order valence-electron chi connectivity index (χ1n) is 14.9. The zero-order valence-corrected chi connectivity index (χ0v) is 25.8. The van der Waals surface area contributed by atoms with Gasteiger partial charge in [0.2, 0.25) is 5.95 Å². The minimum atomic E-state index is -0.730. The van der Waals surface area contributed by atoms with Crippen molar-refractivity contribution in [2.75, 3.05) is 68.6 Å². The van der Waals surface area contributed by atoms with Gasteiger partial charge >= 0.3 is 12.1 Å². The van der Waals surface area contributed by atoms with Crippen molar-refractivity contribution in [2.45, 2.75) is 37.5 Å². The van der Waals surface area contributed by atoms with Crippen LogP contribution in [0.4, 0.5) is 27.9 Å². The van der Waals surface area contributed by atoms with Crippen molar-refractivity contribution < 1.29 is 23.8 Å². The summed E-state index contributed by atoms with van der Waals surface area (Å²) in [6.07, 6.45) is 2.48. The number of hydrogen-bond donors (Lipinski definition) is 3. The molecular formula is C29H32ClN11O5. The monoisotopic (exact) mass is 649 g/mol. The molecule has 2 atom stereocenters. The third-order valence-electron chi connectivity index (χ3n) is 7.95. The third-order valence-corrected chi connectivity index (χ3v) is 8.35. The maximum absolute atomic E-state index is 13.0. The van der Waals surface area contributed by atoms with Gasteiger partial charge in [-0.2, -0.15) is 20.0 Å². The summed E-state index contributed by atoms with van der Waals surface area (Å²) in [7, 11) is 1.27. The summed E-state index contributed by atoms with van der Waals surface area (Å²) in [5.41, 5.74) is 1.85. The zero-order valence-electron chi connectivity index (χ0n) is 25.0. The Balaban J connectivity index is 1.26. The van der Waals surface area contributed by atoms with Crippen molar-refractivity contribution in [1.29, 1.82) is 10.5 Å². The van der Waals surface area contributed by atoms with Crippen LogP contribution in [0.3, 0.4) is 0 Å². The Morgan fingerprint density at radius 3 is 2.67 bits per heavy atom. The number of anilines is 4. The average Bonchev–Trinajstić information content (AvgIpc) is 3.78. The smallest absolute Gasteiger partial charge is 0.407 e. The fraction of sp³-hybridized carbons (Fsp3) is 0.483. The fourth-order valence-electron chi connectivity index (χ4n) is 5.42. The quantitative estimate of drug-likeness (QED) is 0.285. The number of carbonyl (C=O) groups excluding carboxylic acids is 2. The molecule has 2 aromatic heterocycles. The van der Waals surface area contributed by atoms with Crippen molar-refractivity contribution in [2.24, 2.45) is 0 Å². The number of piperidine rings is 1. The molecule has 1 aliphatic carbocycles. The van der Waals surface area contributed by atoms with E-state index in [2.05, 4.69) is 43.2 Å². The summed E-state index contributed by atoms with van der Waals surface area (Å²) in [6.45, 7) is 3.04. The van der Waals surface area contributed by atoms with Crippen molar-refractivity contribution in [1.82, 2.24) is 29.8 Å². The molecule has 3 N–H and O–H groups in total. The van der Waals surface area contributed by atoms with Crippen molar-refractivity contribution >= 4 is 52.5 Å². The summed E-state index contributed by atoms with van der Waals surface area (Å²) in [5, 5.41) is 33.4. The second kappa shape index (κ2) is 13.6. The summed E-state index contributed by atoms with van der Waals surface area (Å²) in [5.74, 6) is 0.184. The molecule has 16 nitrogen and oxygen atoms in total. The van der Waals surface area contributed by atoms with E-state index < -0.39 is 24.2 Å². The molecule has 2 aliphatic heterocycles. The molecule has 1 aromatic carbocycles. The number of morpholine rings is 1. The summed E-state index contributed by atoms with van der Waals surface area (Å²) in [4.78, 5) is 37.8. The molecule has 0 unspecified atom stereocenters. The standard InChI is InChI=1S/C29H32ClN11O5/c1-44-29(43)36-20-4-5-40(15-23(20)46-24(42)16-39-6-8-45-9-7-39)22-11-17(12-31)10-21(25(22)30)35-28-37-26(34-18-2-3-18)27-33-14-19(13-32)41(27)38-28/h10-11,14,18,20,23H,2-9,15-16H2,1H3,(H,36,43)(H2,34,35,37,38)/t20-,23-/m1/s1. The number of hydrogen-bond acceptors (Lipinski definition) is 14. The predicted octanol–water partition coefficient (Wildman–Crippen LogP) is 2.02. The second-order valence-corrected chi connectivity index (χ2v) is 11.6. The number of alkyl carbamates (subject to hydrolysis) is 1.